The third-order valence-corrected chi connectivity index (χ3v) is 4.36. The van der Waals surface area contributed by atoms with Gasteiger partial charge < -0.3 is 15.2 Å². The maximum atomic E-state index is 11.0. The van der Waals surface area contributed by atoms with Crippen LogP contribution in [0, 0.1) is 0 Å². The zero-order valence-electron chi connectivity index (χ0n) is 13.3. The second-order valence-electron chi connectivity index (χ2n) is 5.47. The lowest BCUT2D eigenvalue weighted by atomic mass is 10.2. The number of nitrogens with one attached hydrogen (secondary N) is 1. The minimum absolute atomic E-state index is 0.0875. The molecule has 2 heterocycles. The molecule has 0 saturated heterocycles. The van der Waals surface area contributed by atoms with E-state index in [2.05, 4.69) is 15.3 Å². The molecule has 3 rings (SSSR count). The summed E-state index contributed by atoms with van der Waals surface area (Å²) in [5, 5.41) is 13.0. The van der Waals surface area contributed by atoms with Crippen LogP contribution >= 0.6 is 11.3 Å². The first-order valence-electron chi connectivity index (χ1n) is 7.47. The number of phenols is 1. The van der Waals surface area contributed by atoms with Crippen LogP contribution in [0.4, 0.5) is 0 Å². The maximum absolute atomic E-state index is 11.0. The molecule has 0 bridgehead atoms. The number of hydrogen-bond acceptors (Lipinski definition) is 6. The molecular formula is C17H17N3O3S. The van der Waals surface area contributed by atoms with Gasteiger partial charge in [0.1, 0.15) is 22.9 Å². The lowest BCUT2D eigenvalue weighted by Gasteiger charge is -2.12. The molecule has 0 unspecified atom stereocenters. The van der Waals surface area contributed by atoms with E-state index in [-0.39, 0.29) is 17.7 Å². The zero-order chi connectivity index (χ0) is 17.1. The fraction of sp³-hybridized carbons (Fsp3) is 0.235. The van der Waals surface area contributed by atoms with Crippen LogP contribution in [-0.4, -0.2) is 33.6 Å². The van der Waals surface area contributed by atoms with Crippen molar-refractivity contribution in [3.8, 4) is 22.2 Å². The average molecular weight is 343 g/mol. The molecule has 24 heavy (non-hydrogen) atoms. The summed E-state index contributed by atoms with van der Waals surface area (Å²) in [7, 11) is 0. The molecule has 0 saturated carbocycles. The molecule has 7 heteroatoms. The number of hydrogen-bond donors (Lipinski definition) is 2. The van der Waals surface area contributed by atoms with Crippen LogP contribution in [0.2, 0.25) is 0 Å². The Bertz CT molecular complexity index is 861. The van der Waals surface area contributed by atoms with Gasteiger partial charge in [-0.15, -0.1) is 11.3 Å². The molecule has 1 aromatic carbocycles. The fourth-order valence-electron chi connectivity index (χ4n) is 2.22. The lowest BCUT2D eigenvalue weighted by Crippen LogP contribution is -2.35. The van der Waals surface area contributed by atoms with Crippen LogP contribution in [0.25, 0.3) is 20.8 Å². The van der Waals surface area contributed by atoms with E-state index in [0.29, 0.717) is 12.5 Å². The summed E-state index contributed by atoms with van der Waals surface area (Å²) in [6.07, 6.45) is 1.67. The van der Waals surface area contributed by atoms with E-state index in [4.69, 9.17) is 4.74 Å². The number of thiazole rings is 1. The van der Waals surface area contributed by atoms with Crippen LogP contribution in [0.5, 0.6) is 11.6 Å². The minimum atomic E-state index is -0.0889. The van der Waals surface area contributed by atoms with Crippen molar-refractivity contribution in [2.75, 3.05) is 6.61 Å². The molecule has 0 radical (unpaired) electrons. The summed E-state index contributed by atoms with van der Waals surface area (Å²) >= 11 is 1.53. The Balaban J connectivity index is 1.76. The first-order chi connectivity index (χ1) is 11.5. The number of aromatic hydroxyl groups is 1. The van der Waals surface area contributed by atoms with Crippen LogP contribution in [0.15, 0.2) is 36.5 Å². The van der Waals surface area contributed by atoms with E-state index in [1.54, 1.807) is 18.3 Å². The highest BCUT2D eigenvalue weighted by molar-refractivity contribution is 7.21. The SMILES string of the molecule is CC(=O)N[C@@H](C)COc1cc2sc(-c3ccc(O)cc3)nc2cn1. The van der Waals surface area contributed by atoms with Crippen LogP contribution in [0.3, 0.4) is 0 Å². The van der Waals surface area contributed by atoms with Crippen molar-refractivity contribution in [2.45, 2.75) is 19.9 Å². The molecule has 3 aromatic rings. The number of amides is 1. The molecular weight excluding hydrogens is 326 g/mol. The third kappa shape index (κ3) is 3.80. The van der Waals surface area contributed by atoms with Gasteiger partial charge in [-0.3, -0.25) is 4.79 Å². The molecule has 0 aliphatic heterocycles. The summed E-state index contributed by atoms with van der Waals surface area (Å²) in [6.45, 7) is 3.69. The largest absolute Gasteiger partial charge is 0.508 e. The molecule has 1 amide bonds. The van der Waals surface area contributed by atoms with Crippen molar-refractivity contribution in [2.24, 2.45) is 0 Å². The van der Waals surface area contributed by atoms with Gasteiger partial charge in [0.15, 0.2) is 0 Å². The number of carbonyl (C=O) groups is 1. The summed E-state index contributed by atoms with van der Waals surface area (Å²) < 4.78 is 6.60. The zero-order valence-corrected chi connectivity index (χ0v) is 14.1. The summed E-state index contributed by atoms with van der Waals surface area (Å²) in [6, 6.07) is 8.68. The Kier molecular flexibility index (Phi) is 4.61. The van der Waals surface area contributed by atoms with E-state index in [1.807, 2.05) is 25.1 Å². The first kappa shape index (κ1) is 16.2. The van der Waals surface area contributed by atoms with Gasteiger partial charge >= 0.3 is 0 Å². The normalized spacial score (nSPS) is 12.1. The van der Waals surface area contributed by atoms with Gasteiger partial charge in [0.05, 0.1) is 16.9 Å². The van der Waals surface area contributed by atoms with E-state index in [9.17, 15) is 9.90 Å². The number of phenolic OH excluding ortho intramolecular Hbond substituents is 1. The number of aromatic nitrogens is 2. The van der Waals surface area contributed by atoms with Crippen LogP contribution < -0.4 is 10.1 Å². The summed E-state index contributed by atoms with van der Waals surface area (Å²) in [5.41, 5.74) is 1.74. The highest BCUT2D eigenvalue weighted by Crippen LogP contribution is 2.32. The Labute approximate surface area is 143 Å². The highest BCUT2D eigenvalue weighted by atomic mass is 32.1. The van der Waals surface area contributed by atoms with Gasteiger partial charge in [-0.2, -0.15) is 0 Å². The maximum Gasteiger partial charge on any atom is 0.217 e. The van der Waals surface area contributed by atoms with Crippen LogP contribution in [0.1, 0.15) is 13.8 Å². The van der Waals surface area contributed by atoms with Gasteiger partial charge in [-0.25, -0.2) is 9.97 Å². The van der Waals surface area contributed by atoms with Crippen LogP contribution in [-0.2, 0) is 4.79 Å². The molecule has 0 fully saturated rings. The average Bonchev–Trinajstić information content (AvgIpc) is 2.96. The van der Waals surface area contributed by atoms with E-state index in [1.165, 1.54) is 18.3 Å². The highest BCUT2D eigenvalue weighted by Gasteiger charge is 2.10. The van der Waals surface area contributed by atoms with Crippen molar-refractivity contribution in [1.29, 1.82) is 0 Å². The Hall–Kier alpha value is -2.67. The molecule has 6 nitrogen and oxygen atoms in total. The number of rotatable bonds is 5. The number of pyridine rings is 1. The summed E-state index contributed by atoms with van der Waals surface area (Å²) in [5.74, 6) is 0.640. The second-order valence-corrected chi connectivity index (χ2v) is 6.50. The van der Waals surface area contributed by atoms with Crippen molar-refractivity contribution >= 4 is 27.5 Å². The van der Waals surface area contributed by atoms with Gasteiger partial charge in [0.2, 0.25) is 11.8 Å². The molecule has 0 aliphatic carbocycles. The quantitative estimate of drug-likeness (QED) is 0.744. The summed E-state index contributed by atoms with van der Waals surface area (Å²) in [4.78, 5) is 19.8. The number of carbonyl (C=O) groups excluding carboxylic acids is 1. The first-order valence-corrected chi connectivity index (χ1v) is 8.29. The van der Waals surface area contributed by atoms with Crippen molar-refractivity contribution in [3.05, 3.63) is 36.5 Å². The molecule has 2 aromatic heterocycles. The Morgan fingerprint density at radius 1 is 1.38 bits per heavy atom. The number of nitrogens with zero attached hydrogens (tertiary/aromatic N) is 2. The van der Waals surface area contributed by atoms with Gasteiger partial charge in [-0.05, 0) is 31.2 Å². The fourth-order valence-corrected chi connectivity index (χ4v) is 3.19. The molecule has 2 N–H and O–H groups in total. The van der Waals surface area contributed by atoms with Gasteiger partial charge in [-0.1, -0.05) is 0 Å². The number of fused-ring (bicyclic) bond motifs is 1. The van der Waals surface area contributed by atoms with E-state index in [0.717, 1.165) is 20.8 Å². The monoisotopic (exact) mass is 343 g/mol. The van der Waals surface area contributed by atoms with Gasteiger partial charge in [0, 0.05) is 18.6 Å². The standard InChI is InChI=1S/C17H17N3O3S/c1-10(19-11(2)21)9-23-16-7-15-14(8-18-16)20-17(24-15)12-3-5-13(22)6-4-12/h3-8,10,22H,9H2,1-2H3,(H,19,21)/t10-/m0/s1. The smallest absolute Gasteiger partial charge is 0.217 e. The van der Waals surface area contributed by atoms with Crippen molar-refractivity contribution in [1.82, 2.24) is 15.3 Å². The number of ether oxygens (including phenoxy) is 1. The Morgan fingerprint density at radius 2 is 2.12 bits per heavy atom. The van der Waals surface area contributed by atoms with E-state index < -0.39 is 0 Å². The van der Waals surface area contributed by atoms with Crippen molar-refractivity contribution in [3.63, 3.8) is 0 Å². The predicted molar refractivity (Wildman–Crippen MR) is 93.3 cm³/mol. The number of benzene rings is 1. The third-order valence-electron chi connectivity index (χ3n) is 3.29. The predicted octanol–water partition coefficient (Wildman–Crippen LogP) is 2.97. The minimum Gasteiger partial charge on any atom is -0.508 e. The Morgan fingerprint density at radius 3 is 2.83 bits per heavy atom. The lowest BCUT2D eigenvalue weighted by molar-refractivity contribution is -0.119. The van der Waals surface area contributed by atoms with E-state index >= 15 is 0 Å². The van der Waals surface area contributed by atoms with Gasteiger partial charge in [0.25, 0.3) is 0 Å². The molecule has 124 valence electrons. The second kappa shape index (κ2) is 6.84. The molecule has 1 atom stereocenters. The van der Waals surface area contributed by atoms with Crippen molar-refractivity contribution < 1.29 is 14.6 Å². The molecule has 0 aliphatic rings. The topological polar surface area (TPSA) is 84.3 Å². The molecule has 0 spiro atoms.